The molecule has 1 saturated carbocycles. The van der Waals surface area contributed by atoms with Crippen molar-refractivity contribution in [1.29, 1.82) is 0 Å². The monoisotopic (exact) mass is 206 g/mol. The number of nitrogens with zero attached hydrogens (tertiary/aromatic N) is 1. The molecule has 0 atom stereocenters. The molecule has 0 radical (unpaired) electrons. The Bertz CT molecular complexity index is 284. The topological polar surface area (TPSA) is 17.0 Å². The van der Waals surface area contributed by atoms with E-state index in [1.165, 1.54) is 37.9 Å². The highest BCUT2D eigenvalue weighted by Crippen LogP contribution is 2.23. The Morgan fingerprint density at radius 2 is 2.20 bits per heavy atom. The summed E-state index contributed by atoms with van der Waals surface area (Å²) in [5.41, 5.74) is 1.41. The predicted octanol–water partition coefficient (Wildman–Crippen LogP) is 2.79. The highest BCUT2D eigenvalue weighted by Gasteiger charge is 2.14. The van der Waals surface area contributed by atoms with E-state index < -0.39 is 0 Å². The highest BCUT2D eigenvalue weighted by atomic mass is 15.0. The smallest absolute Gasteiger partial charge is 0.0359 e. The molecule has 15 heavy (non-hydrogen) atoms. The lowest BCUT2D eigenvalue weighted by atomic mass is 10.1. The van der Waals surface area contributed by atoms with Gasteiger partial charge >= 0.3 is 0 Å². The Hall–Kier alpha value is -0.760. The van der Waals surface area contributed by atoms with Gasteiger partial charge in [-0.05, 0) is 44.4 Å². The van der Waals surface area contributed by atoms with Gasteiger partial charge in [0.25, 0.3) is 0 Å². The summed E-state index contributed by atoms with van der Waals surface area (Å²) in [5, 5.41) is 3.58. The maximum atomic E-state index is 3.58. The molecule has 0 unspecified atom stereocenters. The molecule has 0 saturated heterocycles. The molecule has 1 aliphatic carbocycles. The van der Waals surface area contributed by atoms with Crippen molar-refractivity contribution >= 4 is 0 Å². The summed E-state index contributed by atoms with van der Waals surface area (Å²) >= 11 is 0. The average molecular weight is 206 g/mol. The quantitative estimate of drug-likeness (QED) is 0.784. The number of rotatable bonds is 5. The van der Waals surface area contributed by atoms with Crippen LogP contribution < -0.4 is 5.32 Å². The molecule has 1 fully saturated rings. The summed E-state index contributed by atoms with van der Waals surface area (Å²) in [6.07, 6.45) is 7.91. The van der Waals surface area contributed by atoms with Crippen LogP contribution in [-0.4, -0.2) is 11.1 Å². The van der Waals surface area contributed by atoms with Gasteiger partial charge in [0.2, 0.25) is 0 Å². The van der Waals surface area contributed by atoms with Crippen molar-refractivity contribution in [2.45, 2.75) is 45.7 Å². The van der Waals surface area contributed by atoms with E-state index in [9.17, 15) is 0 Å². The second kappa shape index (κ2) is 5.36. The summed E-state index contributed by atoms with van der Waals surface area (Å²) in [4.78, 5) is 0. The first-order valence-electron chi connectivity index (χ1n) is 6.25. The molecule has 1 heterocycles. The maximum absolute atomic E-state index is 3.58. The Kier molecular flexibility index (Phi) is 3.84. The van der Waals surface area contributed by atoms with Crippen molar-refractivity contribution in [3.05, 3.63) is 24.0 Å². The van der Waals surface area contributed by atoms with E-state index in [1.54, 1.807) is 0 Å². The fourth-order valence-corrected chi connectivity index (χ4v) is 2.54. The molecule has 1 aliphatic rings. The lowest BCUT2D eigenvalue weighted by Gasteiger charge is -2.11. The van der Waals surface area contributed by atoms with Crippen LogP contribution in [-0.2, 0) is 13.1 Å². The first kappa shape index (κ1) is 10.7. The Balaban J connectivity index is 1.73. The molecule has 0 bridgehead atoms. The van der Waals surface area contributed by atoms with Gasteiger partial charge in [0.05, 0.1) is 0 Å². The summed E-state index contributed by atoms with van der Waals surface area (Å²) < 4.78 is 2.31. The molecule has 0 spiro atoms. The van der Waals surface area contributed by atoms with Crippen LogP contribution in [0.4, 0.5) is 0 Å². The van der Waals surface area contributed by atoms with Crippen molar-refractivity contribution in [2.24, 2.45) is 5.92 Å². The lowest BCUT2D eigenvalue weighted by molar-refractivity contribution is 0.482. The summed E-state index contributed by atoms with van der Waals surface area (Å²) in [7, 11) is 0. The minimum absolute atomic E-state index is 0.940. The van der Waals surface area contributed by atoms with E-state index in [2.05, 4.69) is 35.1 Å². The van der Waals surface area contributed by atoms with Crippen LogP contribution in [0.2, 0.25) is 0 Å². The minimum Gasteiger partial charge on any atom is -0.351 e. The maximum Gasteiger partial charge on any atom is 0.0359 e. The van der Waals surface area contributed by atoms with Crippen LogP contribution >= 0.6 is 0 Å². The van der Waals surface area contributed by atoms with Gasteiger partial charge in [-0.15, -0.1) is 0 Å². The van der Waals surface area contributed by atoms with Gasteiger partial charge in [0.1, 0.15) is 0 Å². The zero-order valence-corrected chi connectivity index (χ0v) is 9.71. The van der Waals surface area contributed by atoms with E-state index in [-0.39, 0.29) is 0 Å². The van der Waals surface area contributed by atoms with Crippen molar-refractivity contribution < 1.29 is 0 Å². The Morgan fingerprint density at radius 1 is 1.40 bits per heavy atom. The van der Waals surface area contributed by atoms with Gasteiger partial charge in [-0.3, -0.25) is 0 Å². The molecule has 0 amide bonds. The first-order chi connectivity index (χ1) is 7.40. The Morgan fingerprint density at radius 3 is 2.93 bits per heavy atom. The van der Waals surface area contributed by atoms with Crippen LogP contribution in [0.25, 0.3) is 0 Å². The van der Waals surface area contributed by atoms with Crippen molar-refractivity contribution in [3.8, 4) is 0 Å². The van der Waals surface area contributed by atoms with Crippen LogP contribution in [0.3, 0.4) is 0 Å². The SMILES string of the molecule is CCn1cccc1CNCC1CCCC1. The van der Waals surface area contributed by atoms with Gasteiger partial charge in [-0.1, -0.05) is 12.8 Å². The zero-order chi connectivity index (χ0) is 10.5. The lowest BCUT2D eigenvalue weighted by Crippen LogP contribution is -2.22. The normalized spacial score (nSPS) is 17.4. The van der Waals surface area contributed by atoms with E-state index in [0.717, 1.165) is 19.0 Å². The predicted molar refractivity (Wildman–Crippen MR) is 63.8 cm³/mol. The minimum atomic E-state index is 0.940. The van der Waals surface area contributed by atoms with Gasteiger partial charge in [-0.2, -0.15) is 0 Å². The number of hydrogen-bond acceptors (Lipinski definition) is 1. The molecule has 2 nitrogen and oxygen atoms in total. The van der Waals surface area contributed by atoms with Crippen molar-refractivity contribution in [3.63, 3.8) is 0 Å². The van der Waals surface area contributed by atoms with E-state index in [1.807, 2.05) is 0 Å². The average Bonchev–Trinajstić information content (AvgIpc) is 2.88. The molecule has 84 valence electrons. The summed E-state index contributed by atoms with van der Waals surface area (Å²) in [6, 6.07) is 4.35. The molecule has 1 N–H and O–H groups in total. The van der Waals surface area contributed by atoms with Crippen LogP contribution in [0, 0.1) is 5.92 Å². The molecule has 1 aromatic heterocycles. The van der Waals surface area contributed by atoms with E-state index in [0.29, 0.717) is 0 Å². The van der Waals surface area contributed by atoms with Gasteiger partial charge < -0.3 is 9.88 Å². The van der Waals surface area contributed by atoms with E-state index >= 15 is 0 Å². The van der Waals surface area contributed by atoms with E-state index in [4.69, 9.17) is 0 Å². The third-order valence-corrected chi connectivity index (χ3v) is 3.48. The highest BCUT2D eigenvalue weighted by molar-refractivity contribution is 5.06. The molecule has 0 aliphatic heterocycles. The Labute approximate surface area is 92.7 Å². The van der Waals surface area contributed by atoms with Gasteiger partial charge in [0.15, 0.2) is 0 Å². The number of nitrogens with one attached hydrogen (secondary N) is 1. The van der Waals surface area contributed by atoms with Crippen LogP contribution in [0.1, 0.15) is 38.3 Å². The molecule has 2 heteroatoms. The summed E-state index contributed by atoms with van der Waals surface area (Å²) in [5.74, 6) is 0.940. The first-order valence-corrected chi connectivity index (χ1v) is 6.25. The molecule has 2 rings (SSSR count). The molecule has 1 aromatic rings. The van der Waals surface area contributed by atoms with Crippen LogP contribution in [0.5, 0.6) is 0 Å². The second-order valence-corrected chi connectivity index (χ2v) is 4.57. The van der Waals surface area contributed by atoms with Crippen molar-refractivity contribution in [1.82, 2.24) is 9.88 Å². The number of hydrogen-bond donors (Lipinski definition) is 1. The molecule has 0 aromatic carbocycles. The van der Waals surface area contributed by atoms with Crippen molar-refractivity contribution in [2.75, 3.05) is 6.54 Å². The number of aromatic nitrogens is 1. The van der Waals surface area contributed by atoms with Crippen LogP contribution in [0.15, 0.2) is 18.3 Å². The molecular weight excluding hydrogens is 184 g/mol. The van der Waals surface area contributed by atoms with Gasteiger partial charge in [-0.25, -0.2) is 0 Å². The standard InChI is InChI=1S/C13H22N2/c1-2-15-9-5-8-13(15)11-14-10-12-6-3-4-7-12/h5,8-9,12,14H,2-4,6-7,10-11H2,1H3. The molecular formula is C13H22N2. The number of aryl methyl sites for hydroxylation is 1. The largest absolute Gasteiger partial charge is 0.351 e. The van der Waals surface area contributed by atoms with Gasteiger partial charge in [0, 0.05) is 25.0 Å². The summed E-state index contributed by atoms with van der Waals surface area (Å²) in [6.45, 7) is 5.50. The third kappa shape index (κ3) is 2.85. The third-order valence-electron chi connectivity index (χ3n) is 3.48. The fraction of sp³-hybridized carbons (Fsp3) is 0.692. The second-order valence-electron chi connectivity index (χ2n) is 4.57. The zero-order valence-electron chi connectivity index (χ0n) is 9.71. The fourth-order valence-electron chi connectivity index (χ4n) is 2.54.